The van der Waals surface area contributed by atoms with E-state index < -0.39 is 0 Å². The van der Waals surface area contributed by atoms with Crippen molar-refractivity contribution in [3.63, 3.8) is 0 Å². The summed E-state index contributed by atoms with van der Waals surface area (Å²) in [5.74, 6) is 2.40. The van der Waals surface area contributed by atoms with Crippen molar-refractivity contribution in [2.24, 2.45) is 11.8 Å². The van der Waals surface area contributed by atoms with Crippen molar-refractivity contribution in [1.29, 1.82) is 0 Å². The monoisotopic (exact) mass is 245 g/mol. The van der Waals surface area contributed by atoms with Crippen LogP contribution in [0.2, 0.25) is 0 Å². The largest absolute Gasteiger partial charge is 0.377 e. The number of ether oxygens (including phenoxy) is 1. The molecule has 16 heavy (non-hydrogen) atoms. The first-order valence-electron chi connectivity index (χ1n) is 6.62. The Hall–Kier alpha value is 0.270. The molecule has 3 heteroatoms. The fraction of sp³-hybridized carbons (Fsp3) is 1.00. The van der Waals surface area contributed by atoms with Crippen molar-refractivity contribution in [2.75, 3.05) is 32.0 Å². The molecule has 0 N–H and O–H groups in total. The molecule has 2 atom stereocenters. The molecule has 1 heterocycles. The standard InChI is InChI=1S/C13H27NOS/c1-4-14(8-12(10-16)11(2)3)9-13-6-5-7-15-13/h11-13,16H,4-10H2,1-3H3. The van der Waals surface area contributed by atoms with Gasteiger partial charge in [-0.25, -0.2) is 0 Å². The molecule has 0 radical (unpaired) electrons. The summed E-state index contributed by atoms with van der Waals surface area (Å²) in [4.78, 5) is 2.52. The summed E-state index contributed by atoms with van der Waals surface area (Å²) in [5.41, 5.74) is 0. The van der Waals surface area contributed by atoms with E-state index in [1.165, 1.54) is 12.8 Å². The summed E-state index contributed by atoms with van der Waals surface area (Å²) >= 11 is 4.46. The van der Waals surface area contributed by atoms with Gasteiger partial charge in [0.15, 0.2) is 0 Å². The van der Waals surface area contributed by atoms with Gasteiger partial charge < -0.3 is 9.64 Å². The lowest BCUT2D eigenvalue weighted by atomic mass is 9.97. The van der Waals surface area contributed by atoms with Crippen molar-refractivity contribution < 1.29 is 4.74 Å². The van der Waals surface area contributed by atoms with Crippen LogP contribution < -0.4 is 0 Å². The van der Waals surface area contributed by atoms with Crippen LogP contribution in [0.4, 0.5) is 0 Å². The van der Waals surface area contributed by atoms with E-state index >= 15 is 0 Å². The zero-order chi connectivity index (χ0) is 12.0. The molecule has 1 fully saturated rings. The van der Waals surface area contributed by atoms with Crippen LogP contribution in [0.1, 0.15) is 33.6 Å². The Labute approximate surface area is 106 Å². The first kappa shape index (κ1) is 14.3. The van der Waals surface area contributed by atoms with E-state index in [4.69, 9.17) is 4.74 Å². The maximum Gasteiger partial charge on any atom is 0.0702 e. The average molecular weight is 245 g/mol. The van der Waals surface area contributed by atoms with E-state index in [0.29, 0.717) is 12.0 Å². The van der Waals surface area contributed by atoms with Gasteiger partial charge >= 0.3 is 0 Å². The van der Waals surface area contributed by atoms with Gasteiger partial charge in [0.25, 0.3) is 0 Å². The fourth-order valence-electron chi connectivity index (χ4n) is 2.22. The van der Waals surface area contributed by atoms with Gasteiger partial charge in [-0.3, -0.25) is 0 Å². The number of nitrogens with zero attached hydrogens (tertiary/aromatic N) is 1. The van der Waals surface area contributed by atoms with Crippen molar-refractivity contribution in [3.05, 3.63) is 0 Å². The van der Waals surface area contributed by atoms with Crippen LogP contribution in [0.15, 0.2) is 0 Å². The summed E-state index contributed by atoms with van der Waals surface area (Å²) in [7, 11) is 0. The first-order valence-corrected chi connectivity index (χ1v) is 7.25. The quantitative estimate of drug-likeness (QED) is 0.692. The van der Waals surface area contributed by atoms with Gasteiger partial charge in [-0.1, -0.05) is 20.8 Å². The normalized spacial score (nSPS) is 23.2. The third-order valence-corrected chi connectivity index (χ3v) is 4.07. The first-order chi connectivity index (χ1) is 7.67. The molecule has 1 rings (SSSR count). The third kappa shape index (κ3) is 4.64. The molecule has 0 bridgehead atoms. The number of likely N-dealkylation sites (N-methyl/N-ethyl adjacent to an activating group) is 1. The van der Waals surface area contributed by atoms with E-state index in [2.05, 4.69) is 38.3 Å². The predicted octanol–water partition coefficient (Wildman–Crippen LogP) is 2.69. The summed E-state index contributed by atoms with van der Waals surface area (Å²) < 4.78 is 5.70. The molecular formula is C13H27NOS. The SMILES string of the molecule is CCN(CC1CCCO1)CC(CS)C(C)C. The molecule has 0 aromatic carbocycles. The zero-order valence-corrected chi connectivity index (χ0v) is 11.9. The van der Waals surface area contributed by atoms with Gasteiger partial charge in [0.2, 0.25) is 0 Å². The van der Waals surface area contributed by atoms with Gasteiger partial charge in [-0.15, -0.1) is 0 Å². The minimum Gasteiger partial charge on any atom is -0.377 e. The van der Waals surface area contributed by atoms with Gasteiger partial charge in [0.1, 0.15) is 0 Å². The van der Waals surface area contributed by atoms with E-state index in [1.54, 1.807) is 0 Å². The second kappa shape index (κ2) is 7.57. The van der Waals surface area contributed by atoms with Crippen LogP contribution in [-0.2, 0) is 4.74 Å². The average Bonchev–Trinajstić information content (AvgIpc) is 2.76. The second-order valence-electron chi connectivity index (χ2n) is 5.17. The molecule has 0 aromatic rings. The molecule has 1 aliphatic heterocycles. The molecule has 0 aromatic heterocycles. The molecule has 1 saturated heterocycles. The van der Waals surface area contributed by atoms with Crippen molar-refractivity contribution in [1.82, 2.24) is 4.90 Å². The molecule has 0 spiro atoms. The lowest BCUT2D eigenvalue weighted by Gasteiger charge is -2.29. The second-order valence-corrected chi connectivity index (χ2v) is 5.54. The minimum absolute atomic E-state index is 0.479. The maximum atomic E-state index is 5.70. The van der Waals surface area contributed by atoms with E-state index in [1.807, 2.05) is 0 Å². The van der Waals surface area contributed by atoms with Crippen LogP contribution in [0.5, 0.6) is 0 Å². The highest BCUT2D eigenvalue weighted by Gasteiger charge is 2.21. The Morgan fingerprint density at radius 1 is 1.44 bits per heavy atom. The van der Waals surface area contributed by atoms with Crippen LogP contribution >= 0.6 is 12.6 Å². The summed E-state index contributed by atoms with van der Waals surface area (Å²) in [6.45, 7) is 11.2. The highest BCUT2D eigenvalue weighted by Crippen LogP contribution is 2.17. The molecule has 2 nitrogen and oxygen atoms in total. The summed E-state index contributed by atoms with van der Waals surface area (Å²) in [6, 6.07) is 0. The number of rotatable bonds is 7. The van der Waals surface area contributed by atoms with E-state index in [-0.39, 0.29) is 0 Å². The highest BCUT2D eigenvalue weighted by atomic mass is 32.1. The third-order valence-electron chi connectivity index (χ3n) is 3.60. The molecular weight excluding hydrogens is 218 g/mol. The van der Waals surface area contributed by atoms with Crippen LogP contribution in [0.3, 0.4) is 0 Å². The van der Waals surface area contributed by atoms with Crippen LogP contribution in [-0.4, -0.2) is 43.0 Å². The summed E-state index contributed by atoms with van der Waals surface area (Å²) in [5, 5.41) is 0. The van der Waals surface area contributed by atoms with Crippen molar-refractivity contribution in [2.45, 2.75) is 39.7 Å². The van der Waals surface area contributed by atoms with E-state index in [9.17, 15) is 0 Å². The topological polar surface area (TPSA) is 12.5 Å². The van der Waals surface area contributed by atoms with Gasteiger partial charge in [0.05, 0.1) is 6.10 Å². The van der Waals surface area contributed by atoms with Gasteiger partial charge in [-0.05, 0) is 37.0 Å². The maximum absolute atomic E-state index is 5.70. The smallest absolute Gasteiger partial charge is 0.0702 e. The fourth-order valence-corrected chi connectivity index (χ4v) is 2.76. The Bertz CT molecular complexity index is 181. The number of thiol groups is 1. The van der Waals surface area contributed by atoms with Gasteiger partial charge in [0, 0.05) is 19.7 Å². The van der Waals surface area contributed by atoms with Crippen LogP contribution in [0, 0.1) is 11.8 Å². The lowest BCUT2D eigenvalue weighted by Crippen LogP contribution is -2.37. The van der Waals surface area contributed by atoms with Crippen LogP contribution in [0.25, 0.3) is 0 Å². The Balaban J connectivity index is 2.34. The Morgan fingerprint density at radius 3 is 2.62 bits per heavy atom. The molecule has 96 valence electrons. The summed E-state index contributed by atoms with van der Waals surface area (Å²) in [6.07, 6.45) is 2.96. The molecule has 1 aliphatic rings. The van der Waals surface area contributed by atoms with Gasteiger partial charge in [-0.2, -0.15) is 12.6 Å². The zero-order valence-electron chi connectivity index (χ0n) is 11.0. The highest BCUT2D eigenvalue weighted by molar-refractivity contribution is 7.80. The van der Waals surface area contributed by atoms with Crippen molar-refractivity contribution >= 4 is 12.6 Å². The predicted molar refractivity (Wildman–Crippen MR) is 73.3 cm³/mol. The number of hydrogen-bond acceptors (Lipinski definition) is 3. The molecule has 2 unspecified atom stereocenters. The molecule has 0 amide bonds. The van der Waals surface area contributed by atoms with E-state index in [0.717, 1.165) is 37.9 Å². The molecule has 0 saturated carbocycles. The Kier molecular flexibility index (Phi) is 6.78. The lowest BCUT2D eigenvalue weighted by molar-refractivity contribution is 0.0680. The van der Waals surface area contributed by atoms with Crippen molar-refractivity contribution in [3.8, 4) is 0 Å². The minimum atomic E-state index is 0.479. The molecule has 0 aliphatic carbocycles. The number of hydrogen-bond donors (Lipinski definition) is 1. The Morgan fingerprint density at radius 2 is 2.19 bits per heavy atom.